The Labute approximate surface area is 125 Å². The smallest absolute Gasteiger partial charge is 0.0699 e. The average Bonchev–Trinajstić information content (AvgIpc) is 2.54. The molecule has 2 heteroatoms. The molecule has 1 unspecified atom stereocenters. The molecule has 0 heterocycles. The minimum absolute atomic E-state index is 0.294. The Hall–Kier alpha value is -1.64. The molecule has 21 heavy (non-hydrogen) atoms. The molecule has 0 radical (unpaired) electrons. The molecule has 0 saturated carbocycles. The second kappa shape index (κ2) is 4.69. The Bertz CT molecular complexity index is 631. The molecule has 3 aliphatic rings. The third-order valence-corrected chi connectivity index (χ3v) is 5.32. The number of fused-ring (bicyclic) bond motifs is 1. The van der Waals surface area contributed by atoms with E-state index in [0.29, 0.717) is 5.92 Å². The van der Waals surface area contributed by atoms with Crippen LogP contribution in [0, 0.1) is 0 Å². The summed E-state index contributed by atoms with van der Waals surface area (Å²) < 4.78 is 0. The number of nitrogens with one attached hydrogen (secondary N) is 1. The Kier molecular flexibility index (Phi) is 2.91. The van der Waals surface area contributed by atoms with Crippen LogP contribution in [0.5, 0.6) is 0 Å². The van der Waals surface area contributed by atoms with Crippen LogP contribution in [-0.4, -0.2) is 24.3 Å². The van der Waals surface area contributed by atoms with Crippen LogP contribution in [0.4, 0.5) is 0 Å². The summed E-state index contributed by atoms with van der Waals surface area (Å²) in [4.78, 5) is 0. The molecule has 2 aromatic rings. The number of hydrogen-bond acceptors (Lipinski definition) is 2. The highest BCUT2D eigenvalue weighted by Gasteiger charge is 2.53. The van der Waals surface area contributed by atoms with Crippen LogP contribution in [0.1, 0.15) is 41.5 Å². The monoisotopic (exact) mass is 279 g/mol. The van der Waals surface area contributed by atoms with Crippen molar-refractivity contribution >= 4 is 0 Å². The zero-order valence-electron chi connectivity index (χ0n) is 12.3. The number of aliphatic hydroxyl groups excluding tert-OH is 1. The molecule has 0 saturated heterocycles. The van der Waals surface area contributed by atoms with Crippen LogP contribution in [0.15, 0.2) is 48.5 Å². The van der Waals surface area contributed by atoms with Gasteiger partial charge in [-0.05, 0) is 35.2 Å². The van der Waals surface area contributed by atoms with Crippen molar-refractivity contribution in [3.05, 3.63) is 70.8 Å². The van der Waals surface area contributed by atoms with Gasteiger partial charge in [-0.1, -0.05) is 55.5 Å². The van der Waals surface area contributed by atoms with Gasteiger partial charge in [-0.2, -0.15) is 0 Å². The summed E-state index contributed by atoms with van der Waals surface area (Å²) in [6.45, 7) is 3.84. The molecule has 2 nitrogen and oxygen atoms in total. The molecule has 0 amide bonds. The Balaban J connectivity index is 2.01. The van der Waals surface area contributed by atoms with Gasteiger partial charge in [-0.3, -0.25) is 0 Å². The van der Waals surface area contributed by atoms with E-state index in [2.05, 4.69) is 60.8 Å². The van der Waals surface area contributed by atoms with Crippen molar-refractivity contribution in [2.24, 2.45) is 0 Å². The number of hydrogen-bond donors (Lipinski definition) is 2. The summed E-state index contributed by atoms with van der Waals surface area (Å²) >= 11 is 0. The first-order valence-electron chi connectivity index (χ1n) is 7.86. The highest BCUT2D eigenvalue weighted by molar-refractivity contribution is 5.60. The lowest BCUT2D eigenvalue weighted by Crippen LogP contribution is -2.55. The lowest BCUT2D eigenvalue weighted by molar-refractivity contribution is 0.0680. The fourth-order valence-corrected chi connectivity index (χ4v) is 4.39. The van der Waals surface area contributed by atoms with E-state index in [-0.39, 0.29) is 11.5 Å². The Morgan fingerprint density at radius 2 is 1.62 bits per heavy atom. The molecule has 3 aliphatic carbocycles. The number of aliphatic hydroxyl groups is 1. The summed E-state index contributed by atoms with van der Waals surface area (Å²) in [6, 6.07) is 17.3. The van der Waals surface area contributed by atoms with Gasteiger partial charge in [0, 0.05) is 12.5 Å². The molecule has 0 fully saturated rings. The predicted molar refractivity (Wildman–Crippen MR) is 84.7 cm³/mol. The van der Waals surface area contributed by atoms with Crippen molar-refractivity contribution in [1.29, 1.82) is 0 Å². The molecule has 0 aliphatic heterocycles. The molecule has 1 atom stereocenters. The van der Waals surface area contributed by atoms with E-state index in [1.807, 2.05) is 0 Å². The maximum absolute atomic E-state index is 10.9. The normalized spacial score (nSPS) is 29.0. The first-order chi connectivity index (χ1) is 10.3. The minimum atomic E-state index is -0.314. The Morgan fingerprint density at radius 1 is 1.05 bits per heavy atom. The number of benzene rings is 2. The average molecular weight is 279 g/mol. The van der Waals surface area contributed by atoms with Gasteiger partial charge in [0.25, 0.3) is 0 Å². The largest absolute Gasteiger partial charge is 0.392 e. The summed E-state index contributed by atoms with van der Waals surface area (Å²) in [5.41, 5.74) is 5.14. The van der Waals surface area contributed by atoms with Gasteiger partial charge in [0.15, 0.2) is 0 Å². The summed E-state index contributed by atoms with van der Waals surface area (Å²) in [5, 5.41) is 14.4. The van der Waals surface area contributed by atoms with Gasteiger partial charge >= 0.3 is 0 Å². The number of rotatable bonds is 3. The topological polar surface area (TPSA) is 32.3 Å². The van der Waals surface area contributed by atoms with Crippen molar-refractivity contribution in [3.63, 3.8) is 0 Å². The minimum Gasteiger partial charge on any atom is -0.392 e. The first kappa shape index (κ1) is 13.1. The highest BCUT2D eigenvalue weighted by Crippen LogP contribution is 2.55. The summed E-state index contributed by atoms with van der Waals surface area (Å²) in [6.07, 6.45) is 0.519. The predicted octanol–water partition coefficient (Wildman–Crippen LogP) is 2.79. The van der Waals surface area contributed by atoms with Gasteiger partial charge in [-0.25, -0.2) is 0 Å². The molecule has 2 aromatic carbocycles. The van der Waals surface area contributed by atoms with E-state index < -0.39 is 0 Å². The van der Waals surface area contributed by atoms with Crippen LogP contribution in [0.2, 0.25) is 0 Å². The van der Waals surface area contributed by atoms with E-state index in [4.69, 9.17) is 0 Å². The first-order valence-corrected chi connectivity index (χ1v) is 7.86. The second-order valence-corrected chi connectivity index (χ2v) is 6.23. The van der Waals surface area contributed by atoms with Crippen LogP contribution >= 0.6 is 0 Å². The van der Waals surface area contributed by atoms with Crippen molar-refractivity contribution in [1.82, 2.24) is 5.32 Å². The van der Waals surface area contributed by atoms with Gasteiger partial charge in [0.2, 0.25) is 0 Å². The van der Waals surface area contributed by atoms with Crippen molar-refractivity contribution < 1.29 is 5.11 Å². The lowest BCUT2D eigenvalue weighted by atomic mass is 9.54. The fraction of sp³-hybridized carbons (Fsp3) is 0.368. The number of likely N-dealkylation sites (N-methyl/N-ethyl adjacent to an activating group) is 1. The van der Waals surface area contributed by atoms with E-state index in [0.717, 1.165) is 19.5 Å². The van der Waals surface area contributed by atoms with Crippen molar-refractivity contribution in [2.75, 3.05) is 13.1 Å². The zero-order valence-corrected chi connectivity index (χ0v) is 12.3. The van der Waals surface area contributed by atoms with Crippen molar-refractivity contribution in [2.45, 2.75) is 30.8 Å². The summed E-state index contributed by atoms with van der Waals surface area (Å²) in [7, 11) is 0. The van der Waals surface area contributed by atoms with Crippen LogP contribution in [-0.2, 0) is 5.41 Å². The van der Waals surface area contributed by atoms with Crippen LogP contribution in [0.3, 0.4) is 0 Å². The van der Waals surface area contributed by atoms with Gasteiger partial charge < -0.3 is 10.4 Å². The van der Waals surface area contributed by atoms with Gasteiger partial charge in [0.05, 0.1) is 11.5 Å². The molecular weight excluding hydrogens is 258 g/mol. The quantitative estimate of drug-likeness (QED) is 0.905. The molecular formula is C19H21NO. The third-order valence-electron chi connectivity index (χ3n) is 5.32. The molecule has 0 aromatic heterocycles. The summed E-state index contributed by atoms with van der Waals surface area (Å²) in [5.74, 6) is 0.343. The molecule has 5 rings (SSSR count). The maximum Gasteiger partial charge on any atom is 0.0699 e. The van der Waals surface area contributed by atoms with E-state index >= 15 is 0 Å². The Morgan fingerprint density at radius 3 is 2.19 bits per heavy atom. The molecule has 0 spiro atoms. The zero-order chi connectivity index (χ0) is 14.4. The second-order valence-electron chi connectivity index (χ2n) is 6.23. The maximum atomic E-state index is 10.9. The standard InChI is InChI=1S/C19H21NO/c1-2-20-12-19-16-9-5-3-7-13(16)15(11-18(19)21)14-8-4-6-10-17(14)19/h3-10,15,18,20-21H,2,11-12H2,1H3. The van der Waals surface area contributed by atoms with E-state index in [1.165, 1.54) is 22.3 Å². The van der Waals surface area contributed by atoms with E-state index in [1.54, 1.807) is 0 Å². The van der Waals surface area contributed by atoms with Crippen molar-refractivity contribution in [3.8, 4) is 0 Å². The SMILES string of the molecule is CCNCC12c3ccccc3C(CC1O)c1ccccc12. The molecule has 108 valence electrons. The molecule has 2 bridgehead atoms. The van der Waals surface area contributed by atoms with E-state index in [9.17, 15) is 5.11 Å². The van der Waals surface area contributed by atoms with Gasteiger partial charge in [0.1, 0.15) is 0 Å². The molecule has 2 N–H and O–H groups in total. The van der Waals surface area contributed by atoms with Gasteiger partial charge in [-0.15, -0.1) is 0 Å². The van der Waals surface area contributed by atoms with Crippen LogP contribution < -0.4 is 5.32 Å². The lowest BCUT2D eigenvalue weighted by Gasteiger charge is -2.52. The highest BCUT2D eigenvalue weighted by atomic mass is 16.3. The van der Waals surface area contributed by atoms with Crippen LogP contribution in [0.25, 0.3) is 0 Å². The fourth-order valence-electron chi connectivity index (χ4n) is 4.39. The third kappa shape index (κ3) is 1.60.